The Kier molecular flexibility index (Phi) is 4.86. The first kappa shape index (κ1) is 18.5. The van der Waals surface area contributed by atoms with Gasteiger partial charge < -0.3 is 4.57 Å². The van der Waals surface area contributed by atoms with Crippen LogP contribution >= 0.6 is 11.3 Å². The lowest BCUT2D eigenvalue weighted by molar-refractivity contribution is 0.0998. The lowest BCUT2D eigenvalue weighted by atomic mass is 10.1. The second kappa shape index (κ2) is 6.81. The van der Waals surface area contributed by atoms with Crippen molar-refractivity contribution < 1.29 is 13.2 Å². The Balaban J connectivity index is 2.03. The molecule has 0 spiro atoms. The number of fused-ring (bicyclic) bond motifs is 1. The molecule has 0 bridgehead atoms. The molecular formula is C19H20N2O3S2. The Morgan fingerprint density at radius 2 is 1.81 bits per heavy atom. The summed E-state index contributed by atoms with van der Waals surface area (Å²) in [5.41, 5.74) is 3.73. The van der Waals surface area contributed by atoms with E-state index in [4.69, 9.17) is 0 Å². The lowest BCUT2D eigenvalue weighted by Crippen LogP contribution is -2.13. The molecule has 0 unspecified atom stereocenters. The third kappa shape index (κ3) is 3.37. The van der Waals surface area contributed by atoms with Crippen LogP contribution in [0.3, 0.4) is 0 Å². The van der Waals surface area contributed by atoms with Gasteiger partial charge in [0, 0.05) is 12.6 Å². The number of amides is 1. The number of carbonyl (C=O) groups is 1. The van der Waals surface area contributed by atoms with Gasteiger partial charge in [0.25, 0.3) is 5.91 Å². The Morgan fingerprint density at radius 1 is 1.15 bits per heavy atom. The molecule has 2 aromatic carbocycles. The van der Waals surface area contributed by atoms with E-state index < -0.39 is 9.84 Å². The van der Waals surface area contributed by atoms with Crippen LogP contribution in [0.4, 0.5) is 0 Å². The number of nitrogens with zero attached hydrogens (tertiary/aromatic N) is 2. The summed E-state index contributed by atoms with van der Waals surface area (Å²) >= 11 is 1.47. The highest BCUT2D eigenvalue weighted by Gasteiger charge is 2.13. The van der Waals surface area contributed by atoms with Crippen LogP contribution < -0.4 is 4.80 Å². The van der Waals surface area contributed by atoms with Gasteiger partial charge in [0.2, 0.25) is 0 Å². The Labute approximate surface area is 156 Å². The van der Waals surface area contributed by atoms with Gasteiger partial charge in [-0.15, -0.1) is 0 Å². The zero-order chi connectivity index (χ0) is 19.1. The highest BCUT2D eigenvalue weighted by Crippen LogP contribution is 2.22. The van der Waals surface area contributed by atoms with Crippen molar-refractivity contribution in [2.45, 2.75) is 25.7 Å². The summed E-state index contributed by atoms with van der Waals surface area (Å²) < 4.78 is 26.7. The third-order valence-corrected chi connectivity index (χ3v) is 7.31. The van der Waals surface area contributed by atoms with Gasteiger partial charge in [-0.25, -0.2) is 8.42 Å². The monoisotopic (exact) mass is 388 g/mol. The maximum atomic E-state index is 12.5. The molecule has 5 nitrogen and oxygen atoms in total. The van der Waals surface area contributed by atoms with Gasteiger partial charge in [0.15, 0.2) is 14.6 Å². The van der Waals surface area contributed by atoms with E-state index in [0.29, 0.717) is 10.4 Å². The van der Waals surface area contributed by atoms with Crippen LogP contribution in [0.15, 0.2) is 46.3 Å². The molecule has 26 heavy (non-hydrogen) atoms. The van der Waals surface area contributed by atoms with E-state index in [0.717, 1.165) is 21.3 Å². The first-order chi connectivity index (χ1) is 12.2. The molecule has 1 aromatic heterocycles. The van der Waals surface area contributed by atoms with Crippen molar-refractivity contribution in [3.63, 3.8) is 0 Å². The molecule has 1 heterocycles. The molecule has 1 amide bonds. The molecule has 0 N–H and O–H groups in total. The van der Waals surface area contributed by atoms with E-state index in [1.54, 1.807) is 6.92 Å². The van der Waals surface area contributed by atoms with E-state index >= 15 is 0 Å². The van der Waals surface area contributed by atoms with E-state index in [2.05, 4.69) is 17.1 Å². The maximum Gasteiger partial charge on any atom is 0.279 e. The summed E-state index contributed by atoms with van der Waals surface area (Å²) in [5, 5.41) is 0. The van der Waals surface area contributed by atoms with Crippen LogP contribution in [0.2, 0.25) is 0 Å². The summed E-state index contributed by atoms with van der Waals surface area (Å²) in [6.07, 6.45) is 0. The molecule has 0 aliphatic heterocycles. The topological polar surface area (TPSA) is 68.5 Å². The largest absolute Gasteiger partial charge is 0.319 e. The minimum absolute atomic E-state index is 0.0288. The molecule has 0 saturated heterocycles. The number of aryl methyl sites for hydroxylation is 3. The summed E-state index contributed by atoms with van der Waals surface area (Å²) in [6.45, 7) is 5.68. The van der Waals surface area contributed by atoms with Crippen molar-refractivity contribution in [1.29, 1.82) is 0 Å². The number of rotatable bonds is 3. The minimum Gasteiger partial charge on any atom is -0.319 e. The number of benzene rings is 2. The molecule has 0 aliphatic rings. The molecule has 3 rings (SSSR count). The number of sulfone groups is 1. The zero-order valence-corrected chi connectivity index (χ0v) is 16.7. The van der Waals surface area contributed by atoms with Gasteiger partial charge in [-0.3, -0.25) is 4.79 Å². The summed E-state index contributed by atoms with van der Waals surface area (Å²) in [7, 11) is -1.39. The van der Waals surface area contributed by atoms with Gasteiger partial charge in [0.05, 0.1) is 20.9 Å². The number of hydrogen-bond acceptors (Lipinski definition) is 4. The fourth-order valence-corrected chi connectivity index (χ4v) is 4.75. The number of thiazole rings is 1. The number of carbonyl (C=O) groups excluding carboxylic acids is 1. The fraction of sp³-hybridized carbons (Fsp3) is 0.263. The quantitative estimate of drug-likeness (QED) is 0.691. The van der Waals surface area contributed by atoms with Crippen molar-refractivity contribution in [3.8, 4) is 0 Å². The van der Waals surface area contributed by atoms with Crippen molar-refractivity contribution >= 4 is 37.3 Å². The summed E-state index contributed by atoms with van der Waals surface area (Å²) in [4.78, 5) is 17.6. The summed E-state index contributed by atoms with van der Waals surface area (Å²) in [5.74, 6) is -0.358. The molecule has 136 valence electrons. The maximum absolute atomic E-state index is 12.5. The highest BCUT2D eigenvalue weighted by atomic mass is 32.2. The van der Waals surface area contributed by atoms with Crippen molar-refractivity contribution in [1.82, 2.24) is 4.57 Å². The van der Waals surface area contributed by atoms with Gasteiger partial charge in [-0.1, -0.05) is 24.3 Å². The fourth-order valence-electron chi connectivity index (χ4n) is 2.80. The molecule has 0 fully saturated rings. The van der Waals surface area contributed by atoms with E-state index in [9.17, 15) is 13.2 Å². The van der Waals surface area contributed by atoms with Crippen LogP contribution in [-0.4, -0.2) is 24.6 Å². The first-order valence-corrected chi connectivity index (χ1v) is 10.7. The van der Waals surface area contributed by atoms with Crippen LogP contribution in [-0.2, 0) is 16.9 Å². The summed E-state index contributed by atoms with van der Waals surface area (Å²) in [6, 6.07) is 10.1. The second-order valence-electron chi connectivity index (χ2n) is 6.22. The van der Waals surface area contributed by atoms with Gasteiger partial charge in [-0.05, 0) is 55.3 Å². The van der Waals surface area contributed by atoms with Crippen molar-refractivity contribution in [3.05, 3.63) is 57.9 Å². The van der Waals surface area contributed by atoms with Gasteiger partial charge >= 0.3 is 0 Å². The standard InChI is InChI=1S/C19H20N2O3S2/c1-5-26(23,24)15-8-6-14(7-9-15)18(22)20-19-21(4)16-11-12(2)10-13(3)17(16)25-19/h6-11H,5H2,1-4H3. The third-order valence-electron chi connectivity index (χ3n) is 4.28. The predicted octanol–water partition coefficient (Wildman–Crippen LogP) is 3.39. The van der Waals surface area contributed by atoms with Crippen molar-refractivity contribution in [2.75, 3.05) is 5.75 Å². The van der Waals surface area contributed by atoms with E-state index in [-0.39, 0.29) is 16.6 Å². The molecule has 0 atom stereocenters. The van der Waals surface area contributed by atoms with Crippen molar-refractivity contribution in [2.24, 2.45) is 12.0 Å². The number of aromatic nitrogens is 1. The second-order valence-corrected chi connectivity index (χ2v) is 9.47. The van der Waals surface area contributed by atoms with E-state index in [1.807, 2.05) is 25.5 Å². The average molecular weight is 389 g/mol. The van der Waals surface area contributed by atoms with Crippen LogP contribution in [0, 0.1) is 13.8 Å². The average Bonchev–Trinajstić information content (AvgIpc) is 2.92. The van der Waals surface area contributed by atoms with Gasteiger partial charge in [0.1, 0.15) is 0 Å². The normalized spacial score (nSPS) is 12.7. The van der Waals surface area contributed by atoms with Gasteiger partial charge in [-0.2, -0.15) is 4.99 Å². The SMILES string of the molecule is CCS(=O)(=O)c1ccc(C(=O)N=c2sc3c(C)cc(C)cc3n2C)cc1. The molecular weight excluding hydrogens is 368 g/mol. The van der Waals surface area contributed by atoms with Crippen LogP contribution in [0.1, 0.15) is 28.4 Å². The molecule has 7 heteroatoms. The molecule has 0 saturated carbocycles. The van der Waals surface area contributed by atoms with Crippen LogP contribution in [0.5, 0.6) is 0 Å². The predicted molar refractivity (Wildman–Crippen MR) is 104 cm³/mol. The Hall–Kier alpha value is -2.25. The first-order valence-electron chi connectivity index (χ1n) is 8.21. The molecule has 3 aromatic rings. The van der Waals surface area contributed by atoms with E-state index in [1.165, 1.54) is 35.6 Å². The Morgan fingerprint density at radius 3 is 2.42 bits per heavy atom. The molecule has 0 radical (unpaired) electrons. The zero-order valence-electron chi connectivity index (χ0n) is 15.1. The smallest absolute Gasteiger partial charge is 0.279 e. The minimum atomic E-state index is -3.28. The van der Waals surface area contributed by atoms with Crippen LogP contribution in [0.25, 0.3) is 10.2 Å². The Bertz CT molecular complexity index is 1170. The lowest BCUT2D eigenvalue weighted by Gasteiger charge is -2.02. The molecule has 0 aliphatic carbocycles. The number of hydrogen-bond donors (Lipinski definition) is 0. The highest BCUT2D eigenvalue weighted by molar-refractivity contribution is 7.91.